The second-order valence-electron chi connectivity index (χ2n) is 4.14. The molecule has 1 N–H and O–H groups in total. The Kier molecular flexibility index (Phi) is 2.86. The number of piperazine rings is 1. The molecule has 15 heavy (non-hydrogen) atoms. The molecule has 0 bridgehead atoms. The Hall–Kier alpha value is -1.16. The summed E-state index contributed by atoms with van der Waals surface area (Å²) in [5.74, 6) is -0.238. The summed E-state index contributed by atoms with van der Waals surface area (Å²) in [7, 11) is 0. The zero-order valence-electron chi connectivity index (χ0n) is 9.07. The van der Waals surface area contributed by atoms with Crippen molar-refractivity contribution in [1.82, 2.24) is 10.3 Å². The number of anilines is 1. The predicted octanol–water partition coefficient (Wildman–Crippen LogP) is 1.41. The van der Waals surface area contributed by atoms with E-state index < -0.39 is 0 Å². The molecule has 2 atom stereocenters. The van der Waals surface area contributed by atoms with E-state index >= 15 is 0 Å². The number of hydrogen-bond donors (Lipinski definition) is 1. The lowest BCUT2D eigenvalue weighted by molar-refractivity contribution is 0.420. The number of pyridine rings is 1. The predicted molar refractivity (Wildman–Crippen MR) is 58.5 cm³/mol. The van der Waals surface area contributed by atoms with Crippen LogP contribution in [0.3, 0.4) is 0 Å². The lowest BCUT2D eigenvalue weighted by Gasteiger charge is -2.39. The molecule has 4 heteroatoms. The zero-order valence-corrected chi connectivity index (χ0v) is 9.07. The van der Waals surface area contributed by atoms with E-state index in [2.05, 4.69) is 29.0 Å². The number of nitrogens with one attached hydrogen (secondary N) is 1. The quantitative estimate of drug-likeness (QED) is 0.758. The van der Waals surface area contributed by atoms with E-state index in [1.54, 1.807) is 12.3 Å². The summed E-state index contributed by atoms with van der Waals surface area (Å²) >= 11 is 0. The van der Waals surface area contributed by atoms with Gasteiger partial charge in [-0.1, -0.05) is 0 Å². The Bertz CT molecular complexity index is 342. The van der Waals surface area contributed by atoms with E-state index in [0.717, 1.165) is 13.1 Å². The van der Waals surface area contributed by atoms with Gasteiger partial charge in [-0.2, -0.15) is 0 Å². The number of hydrogen-bond acceptors (Lipinski definition) is 3. The molecule has 1 saturated heterocycles. The normalized spacial score (nSPS) is 26.7. The van der Waals surface area contributed by atoms with Gasteiger partial charge in [-0.15, -0.1) is 0 Å². The van der Waals surface area contributed by atoms with Crippen LogP contribution >= 0.6 is 0 Å². The molecule has 0 spiro atoms. The topological polar surface area (TPSA) is 28.2 Å². The Morgan fingerprint density at radius 1 is 1.53 bits per heavy atom. The summed E-state index contributed by atoms with van der Waals surface area (Å²) in [5, 5.41) is 3.37. The maximum absolute atomic E-state index is 13.5. The fourth-order valence-electron chi connectivity index (χ4n) is 1.96. The first-order valence-electron chi connectivity index (χ1n) is 5.28. The number of nitrogens with zero attached hydrogens (tertiary/aromatic N) is 2. The Balaban J connectivity index is 2.25. The van der Waals surface area contributed by atoms with Crippen LogP contribution in [0.1, 0.15) is 13.8 Å². The molecule has 0 unspecified atom stereocenters. The van der Waals surface area contributed by atoms with Crippen molar-refractivity contribution >= 4 is 5.69 Å². The molecule has 0 saturated carbocycles. The van der Waals surface area contributed by atoms with Gasteiger partial charge in [0, 0.05) is 31.4 Å². The summed E-state index contributed by atoms with van der Waals surface area (Å²) in [6.45, 7) is 5.93. The second kappa shape index (κ2) is 4.14. The molecule has 2 rings (SSSR count). The van der Waals surface area contributed by atoms with E-state index in [-0.39, 0.29) is 5.82 Å². The second-order valence-corrected chi connectivity index (χ2v) is 4.14. The van der Waals surface area contributed by atoms with Crippen LogP contribution in [0.25, 0.3) is 0 Å². The third-order valence-electron chi connectivity index (χ3n) is 2.82. The summed E-state index contributed by atoms with van der Waals surface area (Å²) in [4.78, 5) is 5.86. The molecule has 1 fully saturated rings. The van der Waals surface area contributed by atoms with Crippen LogP contribution < -0.4 is 10.2 Å². The van der Waals surface area contributed by atoms with E-state index in [0.29, 0.717) is 17.8 Å². The van der Waals surface area contributed by atoms with Gasteiger partial charge in [0.25, 0.3) is 0 Å². The maximum Gasteiger partial charge on any atom is 0.164 e. The Morgan fingerprint density at radius 3 is 3.07 bits per heavy atom. The average molecular weight is 209 g/mol. The molecular formula is C11H16FN3. The minimum absolute atomic E-state index is 0.238. The van der Waals surface area contributed by atoms with Crippen molar-refractivity contribution < 1.29 is 4.39 Å². The van der Waals surface area contributed by atoms with Crippen molar-refractivity contribution in [3.8, 4) is 0 Å². The first kappa shape index (κ1) is 10.4. The number of halogens is 1. The van der Waals surface area contributed by atoms with Gasteiger partial charge in [-0.05, 0) is 19.9 Å². The highest BCUT2D eigenvalue weighted by Gasteiger charge is 2.24. The highest BCUT2D eigenvalue weighted by Crippen LogP contribution is 2.21. The van der Waals surface area contributed by atoms with Gasteiger partial charge >= 0.3 is 0 Å². The van der Waals surface area contributed by atoms with Crippen LogP contribution in [-0.2, 0) is 0 Å². The molecule has 0 radical (unpaired) electrons. The fourth-order valence-corrected chi connectivity index (χ4v) is 1.96. The van der Waals surface area contributed by atoms with Gasteiger partial charge < -0.3 is 10.2 Å². The summed E-state index contributed by atoms with van der Waals surface area (Å²) in [6, 6.07) is 2.45. The van der Waals surface area contributed by atoms with Crippen molar-refractivity contribution in [2.45, 2.75) is 25.9 Å². The summed E-state index contributed by atoms with van der Waals surface area (Å²) in [6.07, 6.45) is 2.91. The van der Waals surface area contributed by atoms with Crippen LogP contribution in [0.15, 0.2) is 18.5 Å². The molecule has 1 aliphatic rings. The summed E-state index contributed by atoms with van der Waals surface area (Å²) in [5.41, 5.74) is 0.658. The minimum Gasteiger partial charge on any atom is -0.364 e. The SMILES string of the molecule is C[C@@H]1CN(c2ccncc2F)[C@H](C)CN1. The van der Waals surface area contributed by atoms with Crippen molar-refractivity contribution in [3.63, 3.8) is 0 Å². The summed E-state index contributed by atoms with van der Waals surface area (Å²) < 4.78 is 13.5. The molecule has 0 aromatic carbocycles. The smallest absolute Gasteiger partial charge is 0.164 e. The van der Waals surface area contributed by atoms with Crippen molar-refractivity contribution in [1.29, 1.82) is 0 Å². The molecule has 82 valence electrons. The van der Waals surface area contributed by atoms with Gasteiger partial charge in [0.05, 0.1) is 11.9 Å². The van der Waals surface area contributed by atoms with Crippen LogP contribution in [0, 0.1) is 5.82 Å². The molecule has 2 heterocycles. The van der Waals surface area contributed by atoms with Gasteiger partial charge in [-0.3, -0.25) is 4.98 Å². The standard InChI is InChI=1S/C11H16FN3/c1-8-7-15(9(2)5-14-8)11-3-4-13-6-10(11)12/h3-4,6,8-9,14H,5,7H2,1-2H3/t8-,9-/m1/s1. The highest BCUT2D eigenvalue weighted by atomic mass is 19.1. The molecule has 1 aromatic heterocycles. The molecular weight excluding hydrogens is 193 g/mol. The minimum atomic E-state index is -0.238. The first-order chi connectivity index (χ1) is 7.18. The van der Waals surface area contributed by atoms with Gasteiger partial charge in [0.1, 0.15) is 0 Å². The van der Waals surface area contributed by atoms with E-state index in [9.17, 15) is 4.39 Å². The third-order valence-corrected chi connectivity index (χ3v) is 2.82. The monoisotopic (exact) mass is 209 g/mol. The van der Waals surface area contributed by atoms with Crippen molar-refractivity contribution in [2.75, 3.05) is 18.0 Å². The van der Waals surface area contributed by atoms with Crippen molar-refractivity contribution in [2.24, 2.45) is 0 Å². The third kappa shape index (κ3) is 2.09. The molecule has 0 amide bonds. The number of aromatic nitrogens is 1. The van der Waals surface area contributed by atoms with Crippen LogP contribution in [0.5, 0.6) is 0 Å². The van der Waals surface area contributed by atoms with Crippen LogP contribution in [0.4, 0.5) is 10.1 Å². The zero-order chi connectivity index (χ0) is 10.8. The molecule has 1 aromatic rings. The Morgan fingerprint density at radius 2 is 2.33 bits per heavy atom. The largest absolute Gasteiger partial charge is 0.364 e. The van der Waals surface area contributed by atoms with Gasteiger partial charge in [-0.25, -0.2) is 4.39 Å². The molecule has 0 aliphatic carbocycles. The van der Waals surface area contributed by atoms with Crippen LogP contribution in [0.2, 0.25) is 0 Å². The van der Waals surface area contributed by atoms with Crippen LogP contribution in [-0.4, -0.2) is 30.2 Å². The van der Waals surface area contributed by atoms with E-state index in [1.165, 1.54) is 6.20 Å². The molecule has 3 nitrogen and oxygen atoms in total. The Labute approximate surface area is 89.3 Å². The lowest BCUT2D eigenvalue weighted by atomic mass is 10.1. The van der Waals surface area contributed by atoms with E-state index in [4.69, 9.17) is 0 Å². The van der Waals surface area contributed by atoms with E-state index in [1.807, 2.05) is 0 Å². The first-order valence-corrected chi connectivity index (χ1v) is 5.28. The molecule has 1 aliphatic heterocycles. The maximum atomic E-state index is 13.5. The van der Waals surface area contributed by atoms with Gasteiger partial charge in [0.15, 0.2) is 5.82 Å². The van der Waals surface area contributed by atoms with Gasteiger partial charge in [0.2, 0.25) is 0 Å². The average Bonchev–Trinajstić information content (AvgIpc) is 2.23. The fraction of sp³-hybridized carbons (Fsp3) is 0.545. The number of rotatable bonds is 1. The van der Waals surface area contributed by atoms with Crippen molar-refractivity contribution in [3.05, 3.63) is 24.3 Å². The highest BCUT2D eigenvalue weighted by molar-refractivity contribution is 5.48. The lowest BCUT2D eigenvalue weighted by Crippen LogP contribution is -2.54.